The van der Waals surface area contributed by atoms with Crippen LogP contribution in [0, 0.1) is 13.8 Å². The van der Waals surface area contributed by atoms with Crippen molar-refractivity contribution in [3.8, 4) is 0 Å². The summed E-state index contributed by atoms with van der Waals surface area (Å²) in [4.78, 5) is 20.0. The van der Waals surface area contributed by atoms with Gasteiger partial charge in [-0.15, -0.1) is 10.2 Å². The highest BCUT2D eigenvalue weighted by Crippen LogP contribution is 2.28. The summed E-state index contributed by atoms with van der Waals surface area (Å²) in [5.74, 6) is 1.32. The standard InChI is InChI=1S/C24H25N5O/c1-16-19-9-3-4-10-21(19)25-17(2)20(16)14-23(30)28-12-7-8-18(15-28)24-27-26-22-11-5-6-13-29(22)24/h3-6,9-11,13,18H,7-8,12,14-15H2,1-2H3. The summed E-state index contributed by atoms with van der Waals surface area (Å²) >= 11 is 0. The largest absolute Gasteiger partial charge is 0.342 e. The van der Waals surface area contributed by atoms with E-state index in [4.69, 9.17) is 4.98 Å². The molecule has 0 N–H and O–H groups in total. The van der Waals surface area contributed by atoms with E-state index in [1.807, 2.05) is 58.8 Å². The van der Waals surface area contributed by atoms with E-state index < -0.39 is 0 Å². The fourth-order valence-electron chi connectivity index (χ4n) is 4.65. The van der Waals surface area contributed by atoms with E-state index in [2.05, 4.69) is 23.2 Å². The molecule has 4 heterocycles. The van der Waals surface area contributed by atoms with Crippen molar-refractivity contribution in [3.63, 3.8) is 0 Å². The van der Waals surface area contributed by atoms with Gasteiger partial charge in [0, 0.05) is 36.3 Å². The van der Waals surface area contributed by atoms with Gasteiger partial charge in [-0.2, -0.15) is 0 Å². The maximum absolute atomic E-state index is 13.2. The molecule has 1 amide bonds. The number of amides is 1. The lowest BCUT2D eigenvalue weighted by Crippen LogP contribution is -2.40. The molecule has 5 rings (SSSR count). The lowest BCUT2D eigenvalue weighted by atomic mass is 9.95. The number of piperidine rings is 1. The van der Waals surface area contributed by atoms with E-state index in [-0.39, 0.29) is 11.8 Å². The zero-order valence-corrected chi connectivity index (χ0v) is 17.4. The van der Waals surface area contributed by atoms with Crippen LogP contribution in [0.15, 0.2) is 48.7 Å². The number of carbonyl (C=O) groups excluding carboxylic acids is 1. The molecule has 1 aliphatic heterocycles. The molecule has 30 heavy (non-hydrogen) atoms. The first-order valence-electron chi connectivity index (χ1n) is 10.5. The van der Waals surface area contributed by atoms with E-state index in [0.717, 1.165) is 58.6 Å². The minimum atomic E-state index is 0.164. The van der Waals surface area contributed by atoms with Gasteiger partial charge in [0.1, 0.15) is 5.82 Å². The Morgan fingerprint density at radius 2 is 1.93 bits per heavy atom. The second kappa shape index (κ2) is 7.52. The van der Waals surface area contributed by atoms with E-state index in [0.29, 0.717) is 13.0 Å². The van der Waals surface area contributed by atoms with Crippen LogP contribution in [-0.4, -0.2) is 43.5 Å². The molecular weight excluding hydrogens is 374 g/mol. The lowest BCUT2D eigenvalue weighted by Gasteiger charge is -2.32. The quantitative estimate of drug-likeness (QED) is 0.525. The first-order chi connectivity index (χ1) is 14.6. The Kier molecular flexibility index (Phi) is 4.69. The molecule has 1 saturated heterocycles. The molecule has 4 aromatic rings. The number of pyridine rings is 2. The Labute approximate surface area is 175 Å². The number of para-hydroxylation sites is 1. The van der Waals surface area contributed by atoms with Crippen molar-refractivity contribution in [1.29, 1.82) is 0 Å². The van der Waals surface area contributed by atoms with Crippen LogP contribution in [0.5, 0.6) is 0 Å². The van der Waals surface area contributed by atoms with Crippen LogP contribution in [0.1, 0.15) is 41.4 Å². The van der Waals surface area contributed by atoms with Gasteiger partial charge in [-0.05, 0) is 56.0 Å². The van der Waals surface area contributed by atoms with Crippen molar-refractivity contribution in [2.75, 3.05) is 13.1 Å². The van der Waals surface area contributed by atoms with Crippen molar-refractivity contribution in [2.24, 2.45) is 0 Å². The Morgan fingerprint density at radius 1 is 1.10 bits per heavy atom. The van der Waals surface area contributed by atoms with Gasteiger partial charge in [-0.1, -0.05) is 24.3 Å². The molecule has 1 aliphatic rings. The van der Waals surface area contributed by atoms with Crippen LogP contribution in [0.25, 0.3) is 16.6 Å². The Hall–Kier alpha value is -3.28. The number of aryl methyl sites for hydroxylation is 2. The molecule has 3 aromatic heterocycles. The molecular formula is C24H25N5O. The highest BCUT2D eigenvalue weighted by molar-refractivity contribution is 5.86. The van der Waals surface area contributed by atoms with Crippen molar-refractivity contribution >= 4 is 22.5 Å². The molecule has 0 spiro atoms. The predicted molar refractivity (Wildman–Crippen MR) is 116 cm³/mol. The Bertz CT molecular complexity index is 1250. The molecule has 1 unspecified atom stereocenters. The van der Waals surface area contributed by atoms with Crippen molar-refractivity contribution in [1.82, 2.24) is 24.5 Å². The number of nitrogens with zero attached hydrogens (tertiary/aromatic N) is 5. The zero-order valence-electron chi connectivity index (χ0n) is 17.4. The molecule has 6 heteroatoms. The van der Waals surface area contributed by atoms with Crippen molar-refractivity contribution < 1.29 is 4.79 Å². The van der Waals surface area contributed by atoms with Crippen molar-refractivity contribution in [3.05, 3.63) is 71.3 Å². The number of fused-ring (bicyclic) bond motifs is 2. The third-order valence-electron chi connectivity index (χ3n) is 6.29. The second-order valence-corrected chi connectivity index (χ2v) is 8.16. The first kappa shape index (κ1) is 18.7. The highest BCUT2D eigenvalue weighted by Gasteiger charge is 2.28. The number of carbonyl (C=O) groups is 1. The summed E-state index contributed by atoms with van der Waals surface area (Å²) in [6.45, 7) is 5.59. The molecule has 0 aliphatic carbocycles. The number of aromatic nitrogens is 4. The fourth-order valence-corrected chi connectivity index (χ4v) is 4.65. The molecule has 1 fully saturated rings. The maximum Gasteiger partial charge on any atom is 0.227 e. The average Bonchev–Trinajstić information content (AvgIpc) is 3.21. The van der Waals surface area contributed by atoms with Gasteiger partial charge in [-0.3, -0.25) is 14.2 Å². The molecule has 152 valence electrons. The van der Waals surface area contributed by atoms with Crippen molar-refractivity contribution in [2.45, 2.75) is 39.0 Å². The number of likely N-dealkylation sites (tertiary alicyclic amines) is 1. The predicted octanol–water partition coefficient (Wildman–Crippen LogP) is 3.84. The number of hydrogen-bond acceptors (Lipinski definition) is 4. The van der Waals surface area contributed by atoms with Gasteiger partial charge in [0.2, 0.25) is 5.91 Å². The summed E-state index contributed by atoms with van der Waals surface area (Å²) in [6.07, 6.45) is 4.39. The van der Waals surface area contributed by atoms with Crippen LogP contribution < -0.4 is 0 Å². The summed E-state index contributed by atoms with van der Waals surface area (Å²) in [5.41, 5.74) is 4.98. The highest BCUT2D eigenvalue weighted by atomic mass is 16.2. The summed E-state index contributed by atoms with van der Waals surface area (Å²) < 4.78 is 2.04. The van der Waals surface area contributed by atoms with Crippen LogP contribution in [-0.2, 0) is 11.2 Å². The monoisotopic (exact) mass is 399 g/mol. The molecule has 1 atom stereocenters. The SMILES string of the molecule is Cc1nc2ccccc2c(C)c1CC(=O)N1CCCC(c2nnc3ccccn23)C1. The third-order valence-corrected chi connectivity index (χ3v) is 6.29. The second-order valence-electron chi connectivity index (χ2n) is 8.16. The lowest BCUT2D eigenvalue weighted by molar-refractivity contribution is -0.131. The smallest absolute Gasteiger partial charge is 0.227 e. The summed E-state index contributed by atoms with van der Waals surface area (Å²) in [6, 6.07) is 14.0. The minimum Gasteiger partial charge on any atom is -0.342 e. The summed E-state index contributed by atoms with van der Waals surface area (Å²) in [7, 11) is 0. The Balaban J connectivity index is 1.38. The Morgan fingerprint density at radius 3 is 2.83 bits per heavy atom. The van der Waals surface area contributed by atoms with Gasteiger partial charge >= 0.3 is 0 Å². The molecule has 0 bridgehead atoms. The van der Waals surface area contributed by atoms with Gasteiger partial charge in [0.05, 0.1) is 11.9 Å². The molecule has 1 aromatic carbocycles. The number of rotatable bonds is 3. The van der Waals surface area contributed by atoms with E-state index in [1.165, 1.54) is 0 Å². The third kappa shape index (κ3) is 3.22. The van der Waals surface area contributed by atoms with Crippen LogP contribution in [0.2, 0.25) is 0 Å². The van der Waals surface area contributed by atoms with Gasteiger partial charge < -0.3 is 4.90 Å². The zero-order chi connectivity index (χ0) is 20.7. The van der Waals surface area contributed by atoms with E-state index >= 15 is 0 Å². The number of hydrogen-bond donors (Lipinski definition) is 0. The van der Waals surface area contributed by atoms with Crippen LogP contribution in [0.4, 0.5) is 0 Å². The molecule has 0 saturated carbocycles. The first-order valence-corrected chi connectivity index (χ1v) is 10.5. The fraction of sp³-hybridized carbons (Fsp3) is 0.333. The minimum absolute atomic E-state index is 0.164. The molecule has 6 nitrogen and oxygen atoms in total. The van der Waals surface area contributed by atoms with E-state index in [9.17, 15) is 4.79 Å². The van der Waals surface area contributed by atoms with Gasteiger partial charge in [0.25, 0.3) is 0 Å². The normalized spacial score (nSPS) is 17.0. The van der Waals surface area contributed by atoms with Gasteiger partial charge in [0.15, 0.2) is 5.65 Å². The van der Waals surface area contributed by atoms with Crippen LogP contribution >= 0.6 is 0 Å². The van der Waals surface area contributed by atoms with Crippen LogP contribution in [0.3, 0.4) is 0 Å². The topological polar surface area (TPSA) is 63.4 Å². The molecule has 0 radical (unpaired) electrons. The maximum atomic E-state index is 13.2. The summed E-state index contributed by atoms with van der Waals surface area (Å²) in [5, 5.41) is 9.83. The van der Waals surface area contributed by atoms with Gasteiger partial charge in [-0.25, -0.2) is 0 Å². The number of benzene rings is 1. The average molecular weight is 399 g/mol. The van der Waals surface area contributed by atoms with E-state index in [1.54, 1.807) is 0 Å².